The summed E-state index contributed by atoms with van der Waals surface area (Å²) in [5, 5.41) is 4.06. The van der Waals surface area contributed by atoms with Crippen molar-refractivity contribution in [3.8, 4) is 0 Å². The average Bonchev–Trinajstić information content (AvgIpc) is 2.78. The molecule has 0 aromatic heterocycles. The van der Waals surface area contributed by atoms with Crippen LogP contribution in [0.4, 0.5) is 5.69 Å². The summed E-state index contributed by atoms with van der Waals surface area (Å²) in [6.07, 6.45) is 1.99. The number of carbonyl (C=O) groups excluding carboxylic acids is 1. The molecule has 0 saturated carbocycles. The number of amides is 1. The number of hydrogen-bond donors (Lipinski definition) is 1. The lowest BCUT2D eigenvalue weighted by Crippen LogP contribution is -2.31. The fraction of sp³-hybridized carbons (Fsp3) is 0.321. The van der Waals surface area contributed by atoms with Crippen molar-refractivity contribution in [1.29, 1.82) is 0 Å². The van der Waals surface area contributed by atoms with Gasteiger partial charge in [0, 0.05) is 24.7 Å². The normalized spacial score (nSPS) is 13.2. The molecule has 1 heterocycles. The molecule has 1 aliphatic rings. The Morgan fingerprint density at radius 2 is 1.62 bits per heavy atom. The van der Waals surface area contributed by atoms with Crippen LogP contribution in [0.25, 0.3) is 0 Å². The number of nitrogens with one attached hydrogen (secondary N) is 1. The van der Waals surface area contributed by atoms with E-state index in [1.807, 2.05) is 35.2 Å². The minimum atomic E-state index is 0.00176. The molecule has 32 heavy (non-hydrogen) atoms. The van der Waals surface area contributed by atoms with E-state index >= 15 is 0 Å². The van der Waals surface area contributed by atoms with Gasteiger partial charge in [-0.2, -0.15) is 0 Å². The van der Waals surface area contributed by atoms with E-state index in [0.29, 0.717) is 23.7 Å². The van der Waals surface area contributed by atoms with Crippen LogP contribution in [0, 0.1) is 0 Å². The molecule has 1 N–H and O–H groups in total. The first-order valence-corrected chi connectivity index (χ1v) is 11.7. The second-order valence-electron chi connectivity index (χ2n) is 9.61. The molecule has 0 fully saturated rings. The van der Waals surface area contributed by atoms with E-state index in [2.05, 4.69) is 62.5 Å². The second-order valence-corrected chi connectivity index (χ2v) is 10.0. The van der Waals surface area contributed by atoms with Gasteiger partial charge in [0.25, 0.3) is 5.91 Å². The van der Waals surface area contributed by atoms with Crippen molar-refractivity contribution in [2.24, 2.45) is 0 Å². The van der Waals surface area contributed by atoms with Crippen LogP contribution in [-0.4, -0.2) is 17.4 Å². The molecular formula is C28H31ClN2O. The van der Waals surface area contributed by atoms with Gasteiger partial charge in [0.15, 0.2) is 0 Å². The van der Waals surface area contributed by atoms with Crippen molar-refractivity contribution in [2.45, 2.75) is 52.1 Å². The van der Waals surface area contributed by atoms with E-state index in [9.17, 15) is 4.79 Å². The summed E-state index contributed by atoms with van der Waals surface area (Å²) in [7, 11) is 0. The number of anilines is 1. The van der Waals surface area contributed by atoms with E-state index in [-0.39, 0.29) is 11.3 Å². The van der Waals surface area contributed by atoms with Crippen LogP contribution >= 0.6 is 11.6 Å². The predicted octanol–water partition coefficient (Wildman–Crippen LogP) is 6.84. The van der Waals surface area contributed by atoms with Crippen LogP contribution in [0.2, 0.25) is 5.02 Å². The Labute approximate surface area is 196 Å². The fourth-order valence-electron chi connectivity index (χ4n) is 4.23. The number of aryl methyl sites for hydroxylation is 1. The number of rotatable bonds is 5. The van der Waals surface area contributed by atoms with E-state index in [4.69, 9.17) is 11.6 Å². The molecule has 0 saturated heterocycles. The maximum absolute atomic E-state index is 13.8. The van der Waals surface area contributed by atoms with Crippen molar-refractivity contribution in [1.82, 2.24) is 4.90 Å². The van der Waals surface area contributed by atoms with Gasteiger partial charge in [-0.1, -0.05) is 87.0 Å². The topological polar surface area (TPSA) is 32.3 Å². The van der Waals surface area contributed by atoms with Crippen molar-refractivity contribution < 1.29 is 4.79 Å². The second kappa shape index (κ2) is 9.38. The third kappa shape index (κ3) is 5.16. The standard InChI is InChI=1S/C28H31ClN2O/c1-28(2,3)23-13-11-21(12-14-23)19-31(18-20-8-5-4-6-9-20)27(32)25-17-24(29)16-22-10-7-15-30-26(22)25/h4-6,8-9,11-14,16-17,30H,7,10,15,18-19H2,1-3H3. The molecule has 0 atom stereocenters. The van der Waals surface area contributed by atoms with Gasteiger partial charge in [-0.3, -0.25) is 4.79 Å². The zero-order valence-corrected chi connectivity index (χ0v) is 19.9. The number of nitrogens with zero attached hydrogens (tertiary/aromatic N) is 1. The molecule has 0 aliphatic carbocycles. The quantitative estimate of drug-likeness (QED) is 0.465. The molecule has 1 amide bonds. The monoisotopic (exact) mass is 446 g/mol. The van der Waals surface area contributed by atoms with Gasteiger partial charge in [0.05, 0.1) is 11.3 Å². The van der Waals surface area contributed by atoms with Gasteiger partial charge in [-0.15, -0.1) is 0 Å². The number of fused-ring (bicyclic) bond motifs is 1. The molecule has 0 bridgehead atoms. The highest BCUT2D eigenvalue weighted by atomic mass is 35.5. The zero-order valence-electron chi connectivity index (χ0n) is 19.1. The Kier molecular flexibility index (Phi) is 6.57. The predicted molar refractivity (Wildman–Crippen MR) is 133 cm³/mol. The van der Waals surface area contributed by atoms with Gasteiger partial charge in [-0.05, 0) is 52.6 Å². The Morgan fingerprint density at radius 3 is 2.28 bits per heavy atom. The zero-order chi connectivity index (χ0) is 22.7. The summed E-state index contributed by atoms with van der Waals surface area (Å²) in [4.78, 5) is 15.8. The van der Waals surface area contributed by atoms with Crippen LogP contribution in [0.1, 0.15) is 59.8 Å². The highest BCUT2D eigenvalue weighted by molar-refractivity contribution is 6.31. The summed E-state index contributed by atoms with van der Waals surface area (Å²) in [5.74, 6) is 0.00176. The largest absolute Gasteiger partial charge is 0.384 e. The molecule has 3 aromatic carbocycles. The number of halogens is 1. The molecule has 0 unspecified atom stereocenters. The van der Waals surface area contributed by atoms with Gasteiger partial charge in [0.1, 0.15) is 0 Å². The first kappa shape index (κ1) is 22.4. The lowest BCUT2D eigenvalue weighted by atomic mass is 9.87. The summed E-state index contributed by atoms with van der Waals surface area (Å²) >= 11 is 6.41. The maximum atomic E-state index is 13.8. The lowest BCUT2D eigenvalue weighted by Gasteiger charge is -2.27. The molecule has 0 spiro atoms. The van der Waals surface area contributed by atoms with Gasteiger partial charge in [-0.25, -0.2) is 0 Å². The smallest absolute Gasteiger partial charge is 0.256 e. The average molecular weight is 447 g/mol. The first-order valence-electron chi connectivity index (χ1n) is 11.3. The minimum Gasteiger partial charge on any atom is -0.384 e. The van der Waals surface area contributed by atoms with Crippen molar-refractivity contribution in [3.63, 3.8) is 0 Å². The molecule has 4 heteroatoms. The highest BCUT2D eigenvalue weighted by Gasteiger charge is 2.24. The lowest BCUT2D eigenvalue weighted by molar-refractivity contribution is 0.0731. The Morgan fingerprint density at radius 1 is 0.969 bits per heavy atom. The third-order valence-electron chi connectivity index (χ3n) is 6.04. The van der Waals surface area contributed by atoms with Crippen LogP contribution in [0.5, 0.6) is 0 Å². The number of benzene rings is 3. The molecule has 3 nitrogen and oxygen atoms in total. The molecule has 1 aliphatic heterocycles. The molecule has 4 rings (SSSR count). The van der Waals surface area contributed by atoms with Crippen LogP contribution in [0.3, 0.4) is 0 Å². The maximum Gasteiger partial charge on any atom is 0.256 e. The minimum absolute atomic E-state index is 0.00176. The Hall–Kier alpha value is -2.78. The molecule has 166 valence electrons. The first-order chi connectivity index (χ1) is 15.3. The summed E-state index contributed by atoms with van der Waals surface area (Å²) in [6.45, 7) is 8.59. The SMILES string of the molecule is CC(C)(C)c1ccc(CN(Cc2ccccc2)C(=O)c2cc(Cl)cc3c2NCCC3)cc1. The van der Waals surface area contributed by atoms with Crippen molar-refractivity contribution in [3.05, 3.63) is 99.6 Å². The summed E-state index contributed by atoms with van der Waals surface area (Å²) in [5.41, 5.74) is 6.34. The molecular weight excluding hydrogens is 416 g/mol. The van der Waals surface area contributed by atoms with E-state index in [1.165, 1.54) is 5.56 Å². The van der Waals surface area contributed by atoms with Gasteiger partial charge < -0.3 is 10.2 Å². The van der Waals surface area contributed by atoms with E-state index in [1.54, 1.807) is 0 Å². The molecule has 3 aromatic rings. The van der Waals surface area contributed by atoms with E-state index in [0.717, 1.165) is 41.8 Å². The van der Waals surface area contributed by atoms with Crippen molar-refractivity contribution in [2.75, 3.05) is 11.9 Å². The summed E-state index contributed by atoms with van der Waals surface area (Å²) < 4.78 is 0. The van der Waals surface area contributed by atoms with Gasteiger partial charge >= 0.3 is 0 Å². The third-order valence-corrected chi connectivity index (χ3v) is 6.25. The Balaban J connectivity index is 1.67. The fourth-order valence-corrected chi connectivity index (χ4v) is 4.48. The summed E-state index contributed by atoms with van der Waals surface area (Å²) in [6, 6.07) is 22.6. The van der Waals surface area contributed by atoms with E-state index < -0.39 is 0 Å². The number of hydrogen-bond acceptors (Lipinski definition) is 2. The molecule has 0 radical (unpaired) electrons. The highest BCUT2D eigenvalue weighted by Crippen LogP contribution is 2.31. The number of carbonyl (C=O) groups is 1. The Bertz CT molecular complexity index is 1080. The van der Waals surface area contributed by atoms with Crippen LogP contribution in [0.15, 0.2) is 66.7 Å². The van der Waals surface area contributed by atoms with Crippen molar-refractivity contribution >= 4 is 23.2 Å². The van der Waals surface area contributed by atoms with Gasteiger partial charge in [0.2, 0.25) is 0 Å². The van der Waals surface area contributed by atoms with Crippen LogP contribution in [-0.2, 0) is 24.9 Å². The van der Waals surface area contributed by atoms with Crippen LogP contribution < -0.4 is 5.32 Å².